The summed E-state index contributed by atoms with van der Waals surface area (Å²) in [7, 11) is 0. The fraction of sp³-hybridized carbons (Fsp3) is 0.207. The summed E-state index contributed by atoms with van der Waals surface area (Å²) in [5, 5.41) is 24.4. The number of rotatable bonds is 12. The van der Waals surface area contributed by atoms with Crippen molar-refractivity contribution in [2.75, 3.05) is 27.8 Å². The van der Waals surface area contributed by atoms with Gasteiger partial charge in [-0.15, -0.1) is 0 Å². The standard InChI is InChI=1S/C29H33ClN12O6/c1-11-16(8-33-20(11)26(44)32-7-6-19(31)42-48)37-27(45)21-12(2)17(9-34-21)38-28(46)22-13(3)18(10-35-22)39-29(47)24-36-15(5)23(40-24)41-25(43)14(4)30/h8-10,33-35,48H,4,6-7H2,1-3,5H3,(H2,31,42)(H,32,44)(H,36,40)(H,37,45)(H,38,46)(H,39,47)(H,41,43). The van der Waals surface area contributed by atoms with Crippen molar-refractivity contribution in [1.29, 1.82) is 0 Å². The first-order chi connectivity index (χ1) is 22.7. The summed E-state index contributed by atoms with van der Waals surface area (Å²) in [6.07, 6.45) is 4.52. The van der Waals surface area contributed by atoms with E-state index in [2.05, 4.69) is 63.2 Å². The second-order valence-corrected chi connectivity index (χ2v) is 10.9. The van der Waals surface area contributed by atoms with Crippen LogP contribution in [0.4, 0.5) is 22.9 Å². The highest BCUT2D eigenvalue weighted by molar-refractivity contribution is 6.43. The van der Waals surface area contributed by atoms with Gasteiger partial charge in [-0.05, 0) is 27.7 Å². The minimum Gasteiger partial charge on any atom is -0.409 e. The number of nitrogens with one attached hydrogen (secondary N) is 9. The number of aromatic amines is 4. The Kier molecular flexibility index (Phi) is 10.4. The van der Waals surface area contributed by atoms with Crippen LogP contribution in [0.5, 0.6) is 0 Å². The maximum absolute atomic E-state index is 13.2. The molecule has 0 saturated heterocycles. The predicted octanol–water partition coefficient (Wildman–Crippen LogP) is 2.94. The highest BCUT2D eigenvalue weighted by atomic mass is 35.5. The van der Waals surface area contributed by atoms with E-state index in [1.165, 1.54) is 18.6 Å². The van der Waals surface area contributed by atoms with Crippen molar-refractivity contribution in [3.8, 4) is 0 Å². The van der Waals surface area contributed by atoms with E-state index in [1.807, 2.05) is 0 Å². The maximum Gasteiger partial charge on any atom is 0.291 e. The number of anilines is 4. The Labute approximate surface area is 277 Å². The first-order valence-corrected chi connectivity index (χ1v) is 14.5. The zero-order chi connectivity index (χ0) is 35.3. The van der Waals surface area contributed by atoms with Gasteiger partial charge < -0.3 is 57.5 Å². The van der Waals surface area contributed by atoms with Crippen LogP contribution in [0.25, 0.3) is 0 Å². The number of nitrogens with two attached hydrogens (primary N) is 1. The smallest absolute Gasteiger partial charge is 0.291 e. The van der Waals surface area contributed by atoms with E-state index in [4.69, 9.17) is 22.5 Å². The van der Waals surface area contributed by atoms with E-state index in [1.54, 1.807) is 27.7 Å². The van der Waals surface area contributed by atoms with E-state index in [-0.39, 0.29) is 52.6 Å². The van der Waals surface area contributed by atoms with Gasteiger partial charge in [0.05, 0.1) is 27.8 Å². The maximum atomic E-state index is 13.2. The zero-order valence-electron chi connectivity index (χ0n) is 26.2. The largest absolute Gasteiger partial charge is 0.409 e. The summed E-state index contributed by atoms with van der Waals surface area (Å²) in [5.41, 5.74) is 8.74. The Balaban J connectivity index is 1.38. The third-order valence-electron chi connectivity index (χ3n) is 7.22. The lowest BCUT2D eigenvalue weighted by molar-refractivity contribution is -0.112. The number of amidine groups is 1. The van der Waals surface area contributed by atoms with Gasteiger partial charge in [-0.3, -0.25) is 24.0 Å². The quantitative estimate of drug-likeness (QED) is 0.0347. The van der Waals surface area contributed by atoms with Gasteiger partial charge in [0.1, 0.15) is 22.9 Å². The van der Waals surface area contributed by atoms with Gasteiger partial charge in [-0.25, -0.2) is 4.98 Å². The molecule has 4 heterocycles. The molecule has 0 saturated carbocycles. The Hall–Kier alpha value is -6.30. The predicted molar refractivity (Wildman–Crippen MR) is 178 cm³/mol. The zero-order valence-corrected chi connectivity index (χ0v) is 26.9. The van der Waals surface area contributed by atoms with Gasteiger partial charge in [0.15, 0.2) is 11.6 Å². The van der Waals surface area contributed by atoms with E-state index in [0.717, 1.165) is 0 Å². The number of aromatic nitrogens is 5. The number of nitrogens with zero attached hydrogens (tertiary/aromatic N) is 2. The van der Waals surface area contributed by atoms with Crippen LogP contribution in [-0.2, 0) is 4.79 Å². The third-order valence-corrected chi connectivity index (χ3v) is 7.39. The molecule has 0 aliphatic heterocycles. The highest BCUT2D eigenvalue weighted by Crippen LogP contribution is 2.25. The van der Waals surface area contributed by atoms with E-state index < -0.39 is 29.5 Å². The lowest BCUT2D eigenvalue weighted by atomic mass is 10.2. The monoisotopic (exact) mass is 680 g/mol. The van der Waals surface area contributed by atoms with Crippen LogP contribution in [0, 0.1) is 27.7 Å². The van der Waals surface area contributed by atoms with Crippen molar-refractivity contribution in [3.63, 3.8) is 0 Å². The van der Waals surface area contributed by atoms with Gasteiger partial charge in [0, 0.05) is 48.2 Å². The topological polar surface area (TPSA) is 280 Å². The number of hydrogen-bond acceptors (Lipinski definition) is 8. The number of carbonyl (C=O) groups is 5. The molecule has 4 aromatic heterocycles. The molecule has 19 heteroatoms. The lowest BCUT2D eigenvalue weighted by Crippen LogP contribution is -2.28. The Morgan fingerprint density at radius 2 is 1.27 bits per heavy atom. The Morgan fingerprint density at radius 3 is 1.73 bits per heavy atom. The number of halogens is 1. The first kappa shape index (κ1) is 34.6. The van der Waals surface area contributed by atoms with Crippen LogP contribution >= 0.6 is 11.6 Å². The van der Waals surface area contributed by atoms with Crippen LogP contribution in [0.1, 0.15) is 70.9 Å². The first-order valence-electron chi connectivity index (χ1n) is 14.2. The summed E-state index contributed by atoms with van der Waals surface area (Å²) >= 11 is 5.59. The molecular formula is C29H33ClN12O6. The fourth-order valence-corrected chi connectivity index (χ4v) is 4.49. The number of aryl methyl sites for hydroxylation is 1. The normalized spacial score (nSPS) is 11.1. The molecule has 12 N–H and O–H groups in total. The van der Waals surface area contributed by atoms with Crippen LogP contribution in [0.15, 0.2) is 35.4 Å². The molecule has 48 heavy (non-hydrogen) atoms. The second-order valence-electron chi connectivity index (χ2n) is 10.5. The summed E-state index contributed by atoms with van der Waals surface area (Å²) in [4.78, 5) is 78.8. The molecule has 4 rings (SSSR count). The molecule has 252 valence electrons. The molecule has 0 atom stereocenters. The molecule has 0 aromatic carbocycles. The molecule has 0 aliphatic carbocycles. The van der Waals surface area contributed by atoms with Crippen molar-refractivity contribution in [1.82, 2.24) is 30.2 Å². The minimum absolute atomic E-state index is 0.0271. The summed E-state index contributed by atoms with van der Waals surface area (Å²) in [6, 6.07) is 0. The van der Waals surface area contributed by atoms with E-state index >= 15 is 0 Å². The summed E-state index contributed by atoms with van der Waals surface area (Å²) in [6.45, 7) is 10.0. The van der Waals surface area contributed by atoms with Gasteiger partial charge >= 0.3 is 0 Å². The van der Waals surface area contributed by atoms with Crippen molar-refractivity contribution in [3.05, 3.63) is 75.5 Å². The number of oxime groups is 1. The van der Waals surface area contributed by atoms with Gasteiger partial charge in [-0.1, -0.05) is 23.3 Å². The molecule has 0 bridgehead atoms. The molecule has 0 unspecified atom stereocenters. The molecule has 0 spiro atoms. The van der Waals surface area contributed by atoms with Crippen LogP contribution < -0.4 is 32.3 Å². The number of imidazole rings is 1. The van der Waals surface area contributed by atoms with Crippen molar-refractivity contribution in [2.45, 2.75) is 34.1 Å². The molecule has 0 fully saturated rings. The minimum atomic E-state index is -0.665. The van der Waals surface area contributed by atoms with Crippen molar-refractivity contribution in [2.24, 2.45) is 10.9 Å². The van der Waals surface area contributed by atoms with Crippen LogP contribution in [-0.4, -0.2) is 72.0 Å². The molecule has 5 amide bonds. The Bertz CT molecular complexity index is 1960. The second kappa shape index (κ2) is 14.4. The molecule has 0 aliphatic rings. The third kappa shape index (κ3) is 7.56. The van der Waals surface area contributed by atoms with E-state index in [0.29, 0.717) is 39.4 Å². The van der Waals surface area contributed by atoms with Gasteiger partial charge in [0.25, 0.3) is 29.5 Å². The number of carbonyl (C=O) groups excluding carboxylic acids is 5. The lowest BCUT2D eigenvalue weighted by Gasteiger charge is -2.07. The van der Waals surface area contributed by atoms with Gasteiger partial charge in [-0.2, -0.15) is 0 Å². The molecule has 18 nitrogen and oxygen atoms in total. The average Bonchev–Trinajstić information content (AvgIpc) is 3.80. The number of amides is 5. The van der Waals surface area contributed by atoms with Crippen molar-refractivity contribution >= 4 is 69.9 Å². The summed E-state index contributed by atoms with van der Waals surface area (Å²) in [5.74, 6) is -2.79. The van der Waals surface area contributed by atoms with Crippen LogP contribution in [0.3, 0.4) is 0 Å². The molecule has 4 aromatic rings. The van der Waals surface area contributed by atoms with Crippen LogP contribution in [0.2, 0.25) is 0 Å². The Morgan fingerprint density at radius 1 is 0.812 bits per heavy atom. The van der Waals surface area contributed by atoms with Crippen molar-refractivity contribution < 1.29 is 29.2 Å². The highest BCUT2D eigenvalue weighted by Gasteiger charge is 2.23. The number of hydrogen-bond donors (Lipinski definition) is 11. The number of H-pyrrole nitrogens is 4. The molecular weight excluding hydrogens is 648 g/mol. The SMILES string of the molecule is C=C(Cl)C(=O)Nc1nc(C(=O)Nc2c[nH]c(C(=O)Nc3c[nH]c(C(=O)Nc4c[nH]c(C(=O)NCCC(N)=NO)c4C)c3C)c2C)[nH]c1C. The van der Waals surface area contributed by atoms with Gasteiger partial charge in [0.2, 0.25) is 0 Å². The average molecular weight is 681 g/mol. The molecule has 0 radical (unpaired) electrons. The fourth-order valence-electron chi connectivity index (χ4n) is 4.44. The summed E-state index contributed by atoms with van der Waals surface area (Å²) < 4.78 is 0. The van der Waals surface area contributed by atoms with E-state index in [9.17, 15) is 24.0 Å².